The van der Waals surface area contributed by atoms with Crippen LogP contribution in [-0.4, -0.2) is 23.0 Å². The quantitative estimate of drug-likeness (QED) is 0.850. The number of hydrogen-bond donors (Lipinski definition) is 0. The molecule has 4 heteroatoms. The van der Waals surface area contributed by atoms with Crippen LogP contribution in [0, 0.1) is 20.8 Å². The van der Waals surface area contributed by atoms with Gasteiger partial charge in [-0.05, 0) is 32.9 Å². The molecule has 0 aliphatic heterocycles. The van der Waals surface area contributed by atoms with E-state index < -0.39 is 0 Å². The molecule has 4 nitrogen and oxygen atoms in total. The lowest BCUT2D eigenvalue weighted by atomic mass is 10.1. The average Bonchev–Trinajstić information content (AvgIpc) is 2.69. The van der Waals surface area contributed by atoms with Gasteiger partial charge in [0, 0.05) is 18.2 Å². The van der Waals surface area contributed by atoms with Gasteiger partial charge in [0.15, 0.2) is 0 Å². The van der Waals surface area contributed by atoms with Gasteiger partial charge in [0.05, 0.1) is 12.2 Å². The summed E-state index contributed by atoms with van der Waals surface area (Å²) in [6.07, 6.45) is 0. The Hall–Kier alpha value is -2.10. The molecule has 0 atom stereocenters. The van der Waals surface area contributed by atoms with Crippen LogP contribution < -0.4 is 0 Å². The summed E-state index contributed by atoms with van der Waals surface area (Å²) < 4.78 is 5.11. The second-order valence-corrected chi connectivity index (χ2v) is 4.83. The van der Waals surface area contributed by atoms with E-state index in [1.54, 1.807) is 11.9 Å². The minimum absolute atomic E-state index is 0.00343. The molecule has 19 heavy (non-hydrogen) atoms. The maximum atomic E-state index is 12.3. The van der Waals surface area contributed by atoms with Crippen LogP contribution in [0.2, 0.25) is 0 Å². The molecule has 0 saturated heterocycles. The van der Waals surface area contributed by atoms with Crippen LogP contribution in [0.4, 0.5) is 0 Å². The van der Waals surface area contributed by atoms with Crippen molar-refractivity contribution in [1.29, 1.82) is 0 Å². The molecule has 1 aromatic heterocycles. The van der Waals surface area contributed by atoms with Crippen LogP contribution in [0.15, 0.2) is 28.8 Å². The van der Waals surface area contributed by atoms with Gasteiger partial charge in [-0.3, -0.25) is 4.79 Å². The molecule has 1 heterocycles. The molecule has 2 rings (SSSR count). The Labute approximate surface area is 113 Å². The highest BCUT2D eigenvalue weighted by atomic mass is 16.5. The highest BCUT2D eigenvalue weighted by Crippen LogP contribution is 2.16. The van der Waals surface area contributed by atoms with E-state index in [2.05, 4.69) is 5.16 Å². The summed E-state index contributed by atoms with van der Waals surface area (Å²) >= 11 is 0. The monoisotopic (exact) mass is 258 g/mol. The summed E-state index contributed by atoms with van der Waals surface area (Å²) in [7, 11) is 1.79. The number of nitrogens with zero attached hydrogens (tertiary/aromatic N) is 2. The highest BCUT2D eigenvalue weighted by Gasteiger charge is 2.16. The largest absolute Gasteiger partial charge is 0.361 e. The standard InChI is InChI=1S/C15H18N2O2/c1-10-6-5-7-13(8-10)15(18)17(4)9-14-11(2)16-19-12(14)3/h5-8H,9H2,1-4H3. The van der Waals surface area contributed by atoms with E-state index in [4.69, 9.17) is 4.52 Å². The van der Waals surface area contributed by atoms with E-state index >= 15 is 0 Å². The summed E-state index contributed by atoms with van der Waals surface area (Å²) in [5.74, 6) is 0.769. The maximum absolute atomic E-state index is 12.3. The number of aryl methyl sites for hydroxylation is 3. The molecular formula is C15H18N2O2. The molecule has 0 unspecified atom stereocenters. The molecular weight excluding hydrogens is 240 g/mol. The lowest BCUT2D eigenvalue weighted by Crippen LogP contribution is -2.26. The number of benzene rings is 1. The third kappa shape index (κ3) is 2.84. The number of aromatic nitrogens is 1. The Morgan fingerprint density at radius 3 is 2.63 bits per heavy atom. The molecule has 100 valence electrons. The fourth-order valence-electron chi connectivity index (χ4n) is 2.04. The van der Waals surface area contributed by atoms with Crippen molar-refractivity contribution in [2.45, 2.75) is 27.3 Å². The fraction of sp³-hybridized carbons (Fsp3) is 0.333. The zero-order valence-corrected chi connectivity index (χ0v) is 11.7. The van der Waals surface area contributed by atoms with Gasteiger partial charge >= 0.3 is 0 Å². The Balaban J connectivity index is 2.16. The Morgan fingerprint density at radius 2 is 2.05 bits per heavy atom. The lowest BCUT2D eigenvalue weighted by molar-refractivity contribution is 0.0784. The van der Waals surface area contributed by atoms with Crippen LogP contribution >= 0.6 is 0 Å². The van der Waals surface area contributed by atoms with Gasteiger partial charge in [-0.25, -0.2) is 0 Å². The van der Waals surface area contributed by atoms with Gasteiger partial charge in [0.25, 0.3) is 5.91 Å². The molecule has 0 aliphatic rings. The third-order valence-electron chi connectivity index (χ3n) is 3.19. The van der Waals surface area contributed by atoms with Crippen molar-refractivity contribution in [3.8, 4) is 0 Å². The van der Waals surface area contributed by atoms with Crippen LogP contribution in [0.25, 0.3) is 0 Å². The van der Waals surface area contributed by atoms with Crippen LogP contribution in [-0.2, 0) is 6.54 Å². The van der Waals surface area contributed by atoms with E-state index in [0.717, 1.165) is 22.6 Å². The second kappa shape index (κ2) is 5.26. The zero-order valence-electron chi connectivity index (χ0n) is 11.7. The van der Waals surface area contributed by atoms with Crippen LogP contribution in [0.1, 0.15) is 32.9 Å². The fourth-order valence-corrected chi connectivity index (χ4v) is 2.04. The second-order valence-electron chi connectivity index (χ2n) is 4.83. The molecule has 0 saturated carbocycles. The van der Waals surface area contributed by atoms with E-state index in [-0.39, 0.29) is 5.91 Å². The average molecular weight is 258 g/mol. The molecule has 0 N–H and O–H groups in total. The van der Waals surface area contributed by atoms with Gasteiger partial charge in [0.1, 0.15) is 5.76 Å². The predicted molar refractivity (Wildman–Crippen MR) is 73.0 cm³/mol. The van der Waals surface area contributed by atoms with E-state index in [1.165, 1.54) is 0 Å². The SMILES string of the molecule is Cc1cccc(C(=O)N(C)Cc2c(C)noc2C)c1. The third-order valence-corrected chi connectivity index (χ3v) is 3.19. The summed E-state index contributed by atoms with van der Waals surface area (Å²) in [5.41, 5.74) is 3.59. The highest BCUT2D eigenvalue weighted by molar-refractivity contribution is 5.94. The summed E-state index contributed by atoms with van der Waals surface area (Å²) in [6, 6.07) is 7.60. The van der Waals surface area contributed by atoms with Crippen LogP contribution in [0.3, 0.4) is 0 Å². The van der Waals surface area contributed by atoms with Gasteiger partial charge in [-0.15, -0.1) is 0 Å². The maximum Gasteiger partial charge on any atom is 0.253 e. The van der Waals surface area contributed by atoms with Crippen molar-refractivity contribution in [3.05, 3.63) is 52.4 Å². The van der Waals surface area contributed by atoms with E-state index in [0.29, 0.717) is 12.1 Å². The predicted octanol–water partition coefficient (Wildman–Crippen LogP) is 2.87. The molecule has 1 aromatic carbocycles. The van der Waals surface area contributed by atoms with Crippen molar-refractivity contribution >= 4 is 5.91 Å². The van der Waals surface area contributed by atoms with Gasteiger partial charge in [-0.1, -0.05) is 22.9 Å². The lowest BCUT2D eigenvalue weighted by Gasteiger charge is -2.17. The summed E-state index contributed by atoms with van der Waals surface area (Å²) in [6.45, 7) is 6.23. The number of carbonyl (C=O) groups excluding carboxylic acids is 1. The van der Waals surface area contributed by atoms with E-state index in [1.807, 2.05) is 45.0 Å². The number of carbonyl (C=O) groups is 1. The molecule has 0 aliphatic carbocycles. The molecule has 0 radical (unpaired) electrons. The smallest absolute Gasteiger partial charge is 0.253 e. The first-order chi connectivity index (χ1) is 8.99. The molecule has 0 bridgehead atoms. The minimum Gasteiger partial charge on any atom is -0.361 e. The molecule has 0 spiro atoms. The normalized spacial score (nSPS) is 10.5. The Kier molecular flexibility index (Phi) is 3.69. The summed E-state index contributed by atoms with van der Waals surface area (Å²) in [5, 5.41) is 3.90. The van der Waals surface area contributed by atoms with Crippen LogP contribution in [0.5, 0.6) is 0 Å². The van der Waals surface area contributed by atoms with Gasteiger partial charge in [0.2, 0.25) is 0 Å². The van der Waals surface area contributed by atoms with Crippen molar-refractivity contribution in [3.63, 3.8) is 0 Å². The van der Waals surface area contributed by atoms with Gasteiger partial charge < -0.3 is 9.42 Å². The molecule has 0 fully saturated rings. The first-order valence-corrected chi connectivity index (χ1v) is 6.23. The van der Waals surface area contributed by atoms with E-state index in [9.17, 15) is 4.79 Å². The van der Waals surface area contributed by atoms with Crippen molar-refractivity contribution in [2.75, 3.05) is 7.05 Å². The number of amides is 1. The van der Waals surface area contributed by atoms with Crippen molar-refractivity contribution < 1.29 is 9.32 Å². The minimum atomic E-state index is 0.00343. The topological polar surface area (TPSA) is 46.3 Å². The first kappa shape index (κ1) is 13.3. The Morgan fingerprint density at radius 1 is 1.32 bits per heavy atom. The summed E-state index contributed by atoms with van der Waals surface area (Å²) in [4.78, 5) is 14.0. The molecule has 1 amide bonds. The van der Waals surface area contributed by atoms with Crippen molar-refractivity contribution in [1.82, 2.24) is 10.1 Å². The molecule has 2 aromatic rings. The number of hydrogen-bond acceptors (Lipinski definition) is 3. The van der Waals surface area contributed by atoms with Crippen molar-refractivity contribution in [2.24, 2.45) is 0 Å². The van der Waals surface area contributed by atoms with Gasteiger partial charge in [-0.2, -0.15) is 0 Å². The zero-order chi connectivity index (χ0) is 14.0. The number of rotatable bonds is 3. The Bertz CT molecular complexity index is 582. The first-order valence-electron chi connectivity index (χ1n) is 6.23.